The molecule has 4 heteroatoms. The van der Waals surface area contributed by atoms with Crippen LogP contribution >= 0.6 is 0 Å². The van der Waals surface area contributed by atoms with E-state index in [1.165, 1.54) is 17.7 Å². The lowest BCUT2D eigenvalue weighted by Crippen LogP contribution is -2.14. The third kappa shape index (κ3) is 2.32. The second-order valence-electron chi connectivity index (χ2n) is 4.84. The molecule has 3 N–H and O–H groups in total. The lowest BCUT2D eigenvalue weighted by Gasteiger charge is -2.10. The maximum absolute atomic E-state index is 5.51. The number of hydrazine groups is 1. The van der Waals surface area contributed by atoms with E-state index in [-0.39, 0.29) is 0 Å². The first-order valence-corrected chi connectivity index (χ1v) is 6.06. The molecule has 0 saturated heterocycles. The predicted octanol–water partition coefficient (Wildman–Crippen LogP) is 1.84. The van der Waals surface area contributed by atoms with Crippen molar-refractivity contribution >= 4 is 5.82 Å². The highest BCUT2D eigenvalue weighted by Gasteiger charge is 2.18. The molecule has 88 valence electrons. The largest absolute Gasteiger partial charge is 0.308 e. The summed E-state index contributed by atoms with van der Waals surface area (Å²) in [5.41, 5.74) is 5.12. The number of nitrogens with two attached hydrogens (primary N) is 1. The minimum Gasteiger partial charge on any atom is -0.308 e. The summed E-state index contributed by atoms with van der Waals surface area (Å²) in [6, 6.07) is 0. The maximum Gasteiger partial charge on any atom is 0.147 e. The zero-order chi connectivity index (χ0) is 11.5. The van der Waals surface area contributed by atoms with Crippen molar-refractivity contribution in [3.05, 3.63) is 17.1 Å². The van der Waals surface area contributed by atoms with Crippen molar-refractivity contribution in [2.24, 2.45) is 11.8 Å². The molecule has 2 rings (SSSR count). The standard InChI is InChI=1S/C12H20N4/c1-8(2)6-7-11-14-10-5-3-4-9(10)12(15-11)16-13/h8H,3-7,13H2,1-2H3,(H,14,15,16). The van der Waals surface area contributed by atoms with Crippen molar-refractivity contribution in [2.45, 2.75) is 46.0 Å². The Morgan fingerprint density at radius 3 is 2.81 bits per heavy atom. The van der Waals surface area contributed by atoms with E-state index in [1.807, 2.05) is 0 Å². The van der Waals surface area contributed by atoms with Crippen LogP contribution in [-0.2, 0) is 19.3 Å². The highest BCUT2D eigenvalue weighted by molar-refractivity contribution is 5.47. The van der Waals surface area contributed by atoms with E-state index in [2.05, 4.69) is 29.2 Å². The van der Waals surface area contributed by atoms with Crippen LogP contribution in [0.3, 0.4) is 0 Å². The molecule has 0 radical (unpaired) electrons. The van der Waals surface area contributed by atoms with Gasteiger partial charge in [0.25, 0.3) is 0 Å². The van der Waals surface area contributed by atoms with Gasteiger partial charge in [-0.25, -0.2) is 15.8 Å². The molecule has 4 nitrogen and oxygen atoms in total. The van der Waals surface area contributed by atoms with Gasteiger partial charge in [0.2, 0.25) is 0 Å². The van der Waals surface area contributed by atoms with Gasteiger partial charge in [0, 0.05) is 17.7 Å². The van der Waals surface area contributed by atoms with E-state index in [0.717, 1.165) is 37.3 Å². The maximum atomic E-state index is 5.51. The van der Waals surface area contributed by atoms with Crippen LogP contribution in [0.25, 0.3) is 0 Å². The van der Waals surface area contributed by atoms with Crippen LogP contribution in [0, 0.1) is 5.92 Å². The quantitative estimate of drug-likeness (QED) is 0.600. The Hall–Kier alpha value is -1.16. The Morgan fingerprint density at radius 1 is 1.31 bits per heavy atom. The fourth-order valence-corrected chi connectivity index (χ4v) is 2.13. The topological polar surface area (TPSA) is 63.8 Å². The molecule has 1 aromatic heterocycles. The number of rotatable bonds is 4. The van der Waals surface area contributed by atoms with Gasteiger partial charge in [0.05, 0.1) is 0 Å². The number of nitrogens with zero attached hydrogens (tertiary/aromatic N) is 2. The van der Waals surface area contributed by atoms with Crippen LogP contribution in [0.2, 0.25) is 0 Å². The molecule has 1 aromatic rings. The average Bonchev–Trinajstić information content (AvgIpc) is 2.73. The molecule has 0 aromatic carbocycles. The summed E-state index contributed by atoms with van der Waals surface area (Å²) in [5.74, 6) is 7.96. The van der Waals surface area contributed by atoms with E-state index in [4.69, 9.17) is 5.84 Å². The van der Waals surface area contributed by atoms with Gasteiger partial charge in [0.1, 0.15) is 11.6 Å². The van der Waals surface area contributed by atoms with Crippen molar-refractivity contribution in [2.75, 3.05) is 5.43 Å². The van der Waals surface area contributed by atoms with E-state index < -0.39 is 0 Å². The summed E-state index contributed by atoms with van der Waals surface area (Å²) in [6.45, 7) is 4.44. The van der Waals surface area contributed by atoms with Gasteiger partial charge in [0.15, 0.2) is 0 Å². The first kappa shape index (κ1) is 11.3. The first-order chi connectivity index (χ1) is 7.70. The zero-order valence-electron chi connectivity index (χ0n) is 10.1. The third-order valence-electron chi connectivity index (χ3n) is 3.06. The minimum absolute atomic E-state index is 0.686. The number of hydrogen-bond acceptors (Lipinski definition) is 4. The number of anilines is 1. The second-order valence-corrected chi connectivity index (χ2v) is 4.84. The van der Waals surface area contributed by atoms with Crippen LogP contribution < -0.4 is 11.3 Å². The van der Waals surface area contributed by atoms with Crippen LogP contribution in [0.4, 0.5) is 5.82 Å². The Balaban J connectivity index is 2.20. The summed E-state index contributed by atoms with van der Waals surface area (Å²) in [5, 5.41) is 0. The molecule has 16 heavy (non-hydrogen) atoms. The molecule has 0 spiro atoms. The molecule has 0 aliphatic heterocycles. The summed E-state index contributed by atoms with van der Waals surface area (Å²) < 4.78 is 0. The van der Waals surface area contributed by atoms with E-state index in [1.54, 1.807) is 0 Å². The third-order valence-corrected chi connectivity index (χ3v) is 3.06. The van der Waals surface area contributed by atoms with Gasteiger partial charge >= 0.3 is 0 Å². The zero-order valence-corrected chi connectivity index (χ0v) is 10.1. The molecule has 1 aliphatic rings. The molecule has 0 saturated carbocycles. The van der Waals surface area contributed by atoms with Gasteiger partial charge in [-0.2, -0.15) is 0 Å². The molecule has 0 bridgehead atoms. The van der Waals surface area contributed by atoms with Crippen LogP contribution in [0.15, 0.2) is 0 Å². The van der Waals surface area contributed by atoms with Gasteiger partial charge in [-0.05, 0) is 31.6 Å². The Morgan fingerprint density at radius 2 is 2.12 bits per heavy atom. The van der Waals surface area contributed by atoms with Gasteiger partial charge < -0.3 is 5.43 Å². The van der Waals surface area contributed by atoms with Crippen molar-refractivity contribution in [3.8, 4) is 0 Å². The number of hydrogen-bond donors (Lipinski definition) is 2. The smallest absolute Gasteiger partial charge is 0.147 e. The summed E-state index contributed by atoms with van der Waals surface area (Å²) >= 11 is 0. The number of fused-ring (bicyclic) bond motifs is 1. The molecule has 1 aliphatic carbocycles. The lowest BCUT2D eigenvalue weighted by atomic mass is 10.1. The van der Waals surface area contributed by atoms with Crippen molar-refractivity contribution in [1.29, 1.82) is 0 Å². The number of aromatic nitrogens is 2. The van der Waals surface area contributed by atoms with E-state index >= 15 is 0 Å². The molecular weight excluding hydrogens is 200 g/mol. The van der Waals surface area contributed by atoms with Crippen molar-refractivity contribution in [3.63, 3.8) is 0 Å². The second kappa shape index (κ2) is 4.78. The highest BCUT2D eigenvalue weighted by Crippen LogP contribution is 2.26. The van der Waals surface area contributed by atoms with Gasteiger partial charge in [-0.3, -0.25) is 0 Å². The first-order valence-electron chi connectivity index (χ1n) is 6.06. The molecule has 0 fully saturated rings. The fraction of sp³-hybridized carbons (Fsp3) is 0.667. The SMILES string of the molecule is CC(C)CCc1nc2c(c(NN)n1)CCC2. The lowest BCUT2D eigenvalue weighted by molar-refractivity contribution is 0.573. The normalized spacial score (nSPS) is 14.2. The van der Waals surface area contributed by atoms with Gasteiger partial charge in [-0.15, -0.1) is 0 Å². The Labute approximate surface area is 96.6 Å². The number of nitrogens with one attached hydrogen (secondary N) is 1. The van der Waals surface area contributed by atoms with Crippen molar-refractivity contribution in [1.82, 2.24) is 9.97 Å². The summed E-state index contributed by atoms with van der Waals surface area (Å²) in [6.07, 6.45) is 5.37. The predicted molar refractivity (Wildman–Crippen MR) is 65.0 cm³/mol. The van der Waals surface area contributed by atoms with Crippen LogP contribution in [0.5, 0.6) is 0 Å². The Kier molecular flexibility index (Phi) is 3.39. The van der Waals surface area contributed by atoms with E-state index in [0.29, 0.717) is 5.92 Å². The van der Waals surface area contributed by atoms with Crippen LogP contribution in [-0.4, -0.2) is 9.97 Å². The molecular formula is C12H20N4. The highest BCUT2D eigenvalue weighted by atomic mass is 15.3. The minimum atomic E-state index is 0.686. The molecule has 0 unspecified atom stereocenters. The van der Waals surface area contributed by atoms with Gasteiger partial charge in [-0.1, -0.05) is 13.8 Å². The monoisotopic (exact) mass is 220 g/mol. The summed E-state index contributed by atoms with van der Waals surface area (Å²) in [7, 11) is 0. The summed E-state index contributed by atoms with van der Waals surface area (Å²) in [4.78, 5) is 9.11. The Bertz CT molecular complexity index is 374. The van der Waals surface area contributed by atoms with E-state index in [9.17, 15) is 0 Å². The molecule has 0 atom stereocenters. The number of aryl methyl sites for hydroxylation is 2. The fourth-order valence-electron chi connectivity index (χ4n) is 2.13. The average molecular weight is 220 g/mol. The van der Waals surface area contributed by atoms with Crippen LogP contribution in [0.1, 0.15) is 43.8 Å². The van der Waals surface area contributed by atoms with Crippen molar-refractivity contribution < 1.29 is 0 Å². The number of nitrogen functional groups attached to an aromatic ring is 1. The molecule has 0 amide bonds. The molecule has 1 heterocycles.